The van der Waals surface area contributed by atoms with Gasteiger partial charge in [-0.1, -0.05) is 11.3 Å². The molecule has 0 saturated heterocycles. The minimum absolute atomic E-state index is 0.0501. The molecule has 0 aliphatic rings. The van der Waals surface area contributed by atoms with Crippen molar-refractivity contribution in [2.45, 2.75) is 6.42 Å². The summed E-state index contributed by atoms with van der Waals surface area (Å²) in [6.45, 7) is 0.484. The maximum Gasteiger partial charge on any atom is 0.343 e. The van der Waals surface area contributed by atoms with Crippen molar-refractivity contribution in [3.8, 4) is 5.75 Å². The first kappa shape index (κ1) is 20.3. The van der Waals surface area contributed by atoms with Crippen molar-refractivity contribution in [2.24, 2.45) is 5.73 Å². The van der Waals surface area contributed by atoms with Crippen LogP contribution in [-0.2, 0) is 9.53 Å². The average Bonchev–Trinajstić information content (AvgIpc) is 3.15. The SMILES string of the molecule is COC(=O)CCN(C)c1nc2ccc(C(=O)Oc3ccc(C(=N)N)cc3)cc2s1. The molecule has 0 aliphatic carbocycles. The van der Waals surface area contributed by atoms with Gasteiger partial charge in [-0.05, 0) is 42.5 Å². The number of ether oxygens (including phenoxy) is 2. The van der Waals surface area contributed by atoms with Crippen molar-refractivity contribution >= 4 is 44.5 Å². The fourth-order valence-corrected chi connectivity index (χ4v) is 3.52. The standard InChI is InChI=1S/C20H20N4O4S/c1-24(10-9-17(25)27-2)20-23-15-8-5-13(11-16(15)29-20)19(26)28-14-6-3-12(4-7-14)18(21)22/h3-8,11H,9-10H2,1-2H3,(H3,21,22). The minimum Gasteiger partial charge on any atom is -0.469 e. The number of methoxy groups -OCH3 is 1. The normalized spacial score (nSPS) is 10.6. The number of rotatable bonds is 7. The van der Waals surface area contributed by atoms with Crippen molar-refractivity contribution in [1.29, 1.82) is 5.41 Å². The third kappa shape index (κ3) is 4.88. The van der Waals surface area contributed by atoms with Gasteiger partial charge in [0.2, 0.25) is 0 Å². The number of nitrogens with zero attached hydrogens (tertiary/aromatic N) is 2. The summed E-state index contributed by atoms with van der Waals surface area (Å²) in [5, 5.41) is 8.13. The summed E-state index contributed by atoms with van der Waals surface area (Å²) >= 11 is 1.43. The first-order valence-electron chi connectivity index (χ1n) is 8.72. The van der Waals surface area contributed by atoms with E-state index in [0.717, 1.165) is 15.3 Å². The molecule has 1 heterocycles. The summed E-state index contributed by atoms with van der Waals surface area (Å²) in [5.74, 6) is -0.450. The fraction of sp³-hybridized carbons (Fsp3) is 0.200. The van der Waals surface area contributed by atoms with Crippen LogP contribution in [0.3, 0.4) is 0 Å². The summed E-state index contributed by atoms with van der Waals surface area (Å²) in [7, 11) is 3.21. The second-order valence-corrected chi connectivity index (χ2v) is 7.26. The van der Waals surface area contributed by atoms with E-state index < -0.39 is 5.97 Å². The van der Waals surface area contributed by atoms with Crippen LogP contribution in [0, 0.1) is 5.41 Å². The Kier molecular flexibility index (Phi) is 6.08. The van der Waals surface area contributed by atoms with E-state index in [0.29, 0.717) is 23.4 Å². The molecule has 2 aromatic carbocycles. The highest BCUT2D eigenvalue weighted by Crippen LogP contribution is 2.29. The molecule has 150 valence electrons. The predicted molar refractivity (Wildman–Crippen MR) is 112 cm³/mol. The lowest BCUT2D eigenvalue weighted by molar-refractivity contribution is -0.140. The molecule has 3 rings (SSSR count). The van der Waals surface area contributed by atoms with Gasteiger partial charge in [-0.2, -0.15) is 0 Å². The summed E-state index contributed by atoms with van der Waals surface area (Å²) in [4.78, 5) is 30.2. The van der Waals surface area contributed by atoms with E-state index in [1.807, 2.05) is 11.9 Å². The molecule has 29 heavy (non-hydrogen) atoms. The second-order valence-electron chi connectivity index (χ2n) is 6.25. The molecule has 3 aromatic rings. The smallest absolute Gasteiger partial charge is 0.343 e. The van der Waals surface area contributed by atoms with E-state index >= 15 is 0 Å². The number of nitrogen functional groups attached to an aromatic ring is 1. The third-order valence-corrected chi connectivity index (χ3v) is 5.33. The Morgan fingerprint density at radius 3 is 2.52 bits per heavy atom. The van der Waals surface area contributed by atoms with Crippen molar-refractivity contribution in [3.63, 3.8) is 0 Å². The number of fused-ring (bicyclic) bond motifs is 1. The molecular weight excluding hydrogens is 392 g/mol. The molecule has 0 bridgehead atoms. The van der Waals surface area contributed by atoms with Crippen LogP contribution in [0.1, 0.15) is 22.3 Å². The van der Waals surface area contributed by atoms with Crippen LogP contribution in [0.4, 0.5) is 5.13 Å². The van der Waals surface area contributed by atoms with Crippen molar-refractivity contribution in [1.82, 2.24) is 4.98 Å². The van der Waals surface area contributed by atoms with Crippen molar-refractivity contribution in [3.05, 3.63) is 53.6 Å². The zero-order valence-electron chi connectivity index (χ0n) is 16.0. The van der Waals surface area contributed by atoms with E-state index in [2.05, 4.69) is 9.72 Å². The van der Waals surface area contributed by atoms with Crippen LogP contribution in [0.2, 0.25) is 0 Å². The number of thiazole rings is 1. The first-order chi connectivity index (χ1) is 13.9. The molecule has 1 aromatic heterocycles. The molecule has 0 spiro atoms. The van der Waals surface area contributed by atoms with Crippen LogP contribution in [0.25, 0.3) is 10.2 Å². The quantitative estimate of drug-likeness (QED) is 0.265. The highest BCUT2D eigenvalue weighted by molar-refractivity contribution is 7.22. The number of carbonyl (C=O) groups is 2. The Hall–Kier alpha value is -3.46. The number of nitrogens with two attached hydrogens (primary N) is 1. The monoisotopic (exact) mass is 412 g/mol. The molecular formula is C20H20N4O4S. The molecule has 0 atom stereocenters. The minimum atomic E-state index is -0.489. The highest BCUT2D eigenvalue weighted by atomic mass is 32.1. The van der Waals surface area contributed by atoms with E-state index in [9.17, 15) is 9.59 Å². The number of amidine groups is 1. The fourth-order valence-electron chi connectivity index (χ4n) is 2.53. The van der Waals surface area contributed by atoms with Crippen LogP contribution < -0.4 is 15.4 Å². The molecule has 0 unspecified atom stereocenters. The molecule has 8 nitrogen and oxygen atoms in total. The Morgan fingerprint density at radius 1 is 1.17 bits per heavy atom. The van der Waals surface area contributed by atoms with Crippen LogP contribution >= 0.6 is 11.3 Å². The van der Waals surface area contributed by atoms with Crippen molar-refractivity contribution in [2.75, 3.05) is 25.6 Å². The number of benzene rings is 2. The maximum atomic E-state index is 12.5. The number of esters is 2. The number of hydrogen-bond donors (Lipinski definition) is 2. The average molecular weight is 412 g/mol. The molecule has 0 aliphatic heterocycles. The molecule has 9 heteroatoms. The van der Waals surface area contributed by atoms with Gasteiger partial charge in [-0.25, -0.2) is 9.78 Å². The molecule has 0 radical (unpaired) electrons. The molecule has 3 N–H and O–H groups in total. The Bertz CT molecular complexity index is 1060. The maximum absolute atomic E-state index is 12.5. The summed E-state index contributed by atoms with van der Waals surface area (Å²) in [5.41, 5.74) is 7.14. The molecule has 0 fully saturated rings. The second kappa shape index (κ2) is 8.70. The number of nitrogens with one attached hydrogen (secondary N) is 1. The van der Waals surface area contributed by atoms with Gasteiger partial charge in [0.15, 0.2) is 5.13 Å². The summed E-state index contributed by atoms with van der Waals surface area (Å²) in [6.07, 6.45) is 0.267. The Morgan fingerprint density at radius 2 is 1.86 bits per heavy atom. The highest BCUT2D eigenvalue weighted by Gasteiger charge is 2.14. The largest absolute Gasteiger partial charge is 0.469 e. The van der Waals surface area contributed by atoms with Gasteiger partial charge in [-0.15, -0.1) is 0 Å². The van der Waals surface area contributed by atoms with Gasteiger partial charge in [0.25, 0.3) is 0 Å². The lowest BCUT2D eigenvalue weighted by Crippen LogP contribution is -2.21. The third-order valence-electron chi connectivity index (χ3n) is 4.19. The van der Waals surface area contributed by atoms with E-state index in [1.54, 1.807) is 42.5 Å². The zero-order valence-corrected chi connectivity index (χ0v) is 16.8. The van der Waals surface area contributed by atoms with Gasteiger partial charge >= 0.3 is 11.9 Å². The summed E-state index contributed by atoms with van der Waals surface area (Å²) < 4.78 is 10.9. The summed E-state index contributed by atoms with van der Waals surface area (Å²) in [6, 6.07) is 11.6. The van der Waals surface area contributed by atoms with E-state index in [1.165, 1.54) is 18.4 Å². The van der Waals surface area contributed by atoms with E-state index in [4.69, 9.17) is 15.9 Å². The van der Waals surface area contributed by atoms with Crippen LogP contribution in [0.15, 0.2) is 42.5 Å². The van der Waals surface area contributed by atoms with Gasteiger partial charge < -0.3 is 20.1 Å². The molecule has 0 saturated carbocycles. The number of anilines is 1. The Labute approximate surface area is 171 Å². The zero-order chi connectivity index (χ0) is 21.0. The number of carbonyl (C=O) groups excluding carboxylic acids is 2. The van der Waals surface area contributed by atoms with E-state index in [-0.39, 0.29) is 18.2 Å². The number of aromatic nitrogens is 1. The topological polar surface area (TPSA) is 119 Å². The van der Waals surface area contributed by atoms with Gasteiger partial charge in [0, 0.05) is 19.2 Å². The Balaban J connectivity index is 1.72. The van der Waals surface area contributed by atoms with Gasteiger partial charge in [-0.3, -0.25) is 10.2 Å². The number of hydrogen-bond acceptors (Lipinski definition) is 8. The van der Waals surface area contributed by atoms with Gasteiger partial charge in [0.1, 0.15) is 11.6 Å². The first-order valence-corrected chi connectivity index (χ1v) is 9.54. The lowest BCUT2D eigenvalue weighted by atomic mass is 10.2. The van der Waals surface area contributed by atoms with Crippen LogP contribution in [0.5, 0.6) is 5.75 Å². The van der Waals surface area contributed by atoms with Gasteiger partial charge in [0.05, 0.1) is 29.3 Å². The lowest BCUT2D eigenvalue weighted by Gasteiger charge is -2.14. The predicted octanol–water partition coefficient (Wildman–Crippen LogP) is 2.80. The molecule has 0 amide bonds. The van der Waals surface area contributed by atoms with Crippen LogP contribution in [-0.4, -0.2) is 43.5 Å². The van der Waals surface area contributed by atoms with Crippen molar-refractivity contribution < 1.29 is 19.1 Å².